The van der Waals surface area contributed by atoms with Gasteiger partial charge < -0.3 is 25.3 Å². The number of rotatable bonds is 7. The van der Waals surface area contributed by atoms with Crippen molar-refractivity contribution in [3.8, 4) is 17.2 Å². The molecule has 0 fully saturated rings. The van der Waals surface area contributed by atoms with Crippen molar-refractivity contribution in [3.63, 3.8) is 0 Å². The summed E-state index contributed by atoms with van der Waals surface area (Å²) in [4.78, 5) is 25.9. The maximum Gasteiger partial charge on any atom is 0.256 e. The molecule has 3 aromatic rings. The van der Waals surface area contributed by atoms with Crippen LogP contribution in [0.25, 0.3) is 0 Å². The quantitative estimate of drug-likeness (QED) is 0.549. The van der Waals surface area contributed by atoms with Gasteiger partial charge in [-0.15, -0.1) is 11.3 Å². The van der Waals surface area contributed by atoms with E-state index in [1.165, 1.54) is 11.3 Å². The highest BCUT2D eigenvalue weighted by atomic mass is 32.1. The van der Waals surface area contributed by atoms with Gasteiger partial charge in [-0.05, 0) is 68.3 Å². The van der Waals surface area contributed by atoms with Gasteiger partial charge in [-0.2, -0.15) is 0 Å². The lowest BCUT2D eigenvalue weighted by Crippen LogP contribution is -2.17. The molecule has 4 rings (SSSR count). The maximum atomic E-state index is 12.8. The Morgan fingerprint density at radius 1 is 1.12 bits per heavy atom. The average Bonchev–Trinajstić information content (AvgIpc) is 3.32. The SMILES string of the molecule is Cc1c(Cc2ccc3c(c2)OCO3)sc(NC(=O)c2ccc(OC(C)C)cc2)c1C(N)=O. The van der Waals surface area contributed by atoms with E-state index in [-0.39, 0.29) is 18.8 Å². The zero-order valence-electron chi connectivity index (χ0n) is 18.1. The molecule has 0 saturated heterocycles. The Morgan fingerprint density at radius 3 is 2.53 bits per heavy atom. The van der Waals surface area contributed by atoms with Gasteiger partial charge in [0.1, 0.15) is 10.8 Å². The van der Waals surface area contributed by atoms with Crippen molar-refractivity contribution in [2.75, 3.05) is 12.1 Å². The smallest absolute Gasteiger partial charge is 0.256 e. The molecule has 2 aromatic carbocycles. The Labute approximate surface area is 190 Å². The summed E-state index contributed by atoms with van der Waals surface area (Å²) in [5.74, 6) is 1.20. The van der Waals surface area contributed by atoms with Crippen LogP contribution in [0.1, 0.15) is 50.6 Å². The summed E-state index contributed by atoms with van der Waals surface area (Å²) in [6, 6.07) is 12.6. The molecule has 32 heavy (non-hydrogen) atoms. The molecule has 0 radical (unpaired) electrons. The number of ether oxygens (including phenoxy) is 3. The Hall–Kier alpha value is -3.52. The van der Waals surface area contributed by atoms with Crippen LogP contribution in [0.3, 0.4) is 0 Å². The number of carbonyl (C=O) groups is 2. The van der Waals surface area contributed by atoms with Crippen LogP contribution in [0.5, 0.6) is 17.2 Å². The van der Waals surface area contributed by atoms with Crippen LogP contribution in [0.15, 0.2) is 42.5 Å². The number of hydrogen-bond donors (Lipinski definition) is 2. The monoisotopic (exact) mass is 452 g/mol. The lowest BCUT2D eigenvalue weighted by atomic mass is 10.1. The van der Waals surface area contributed by atoms with Crippen molar-refractivity contribution in [2.45, 2.75) is 33.3 Å². The van der Waals surface area contributed by atoms with E-state index in [9.17, 15) is 9.59 Å². The summed E-state index contributed by atoms with van der Waals surface area (Å²) < 4.78 is 16.4. The minimum Gasteiger partial charge on any atom is -0.491 e. The normalized spacial score (nSPS) is 12.1. The maximum absolute atomic E-state index is 12.8. The third-order valence-corrected chi connectivity index (χ3v) is 6.22. The molecule has 8 heteroatoms. The molecule has 166 valence electrons. The number of nitrogens with one attached hydrogen (secondary N) is 1. The van der Waals surface area contributed by atoms with Gasteiger partial charge in [-0.25, -0.2) is 0 Å². The second-order valence-electron chi connectivity index (χ2n) is 7.73. The molecule has 3 N–H and O–H groups in total. The third-order valence-electron chi connectivity index (χ3n) is 5.01. The van der Waals surface area contributed by atoms with Crippen molar-refractivity contribution < 1.29 is 23.8 Å². The Bertz CT molecular complexity index is 1170. The van der Waals surface area contributed by atoms with E-state index in [4.69, 9.17) is 19.9 Å². The van der Waals surface area contributed by atoms with Gasteiger partial charge >= 0.3 is 0 Å². The molecule has 1 aromatic heterocycles. The second-order valence-corrected chi connectivity index (χ2v) is 8.83. The molecule has 1 aliphatic rings. The molecule has 0 aliphatic carbocycles. The molecule has 7 nitrogen and oxygen atoms in total. The average molecular weight is 453 g/mol. The third kappa shape index (κ3) is 4.55. The summed E-state index contributed by atoms with van der Waals surface area (Å²) in [6.45, 7) is 5.93. The topological polar surface area (TPSA) is 99.9 Å². The number of carbonyl (C=O) groups excluding carboxylic acids is 2. The van der Waals surface area contributed by atoms with Crippen LogP contribution in [-0.4, -0.2) is 24.7 Å². The lowest BCUT2D eigenvalue weighted by molar-refractivity contribution is 0.100. The Kier molecular flexibility index (Phi) is 6.05. The Balaban J connectivity index is 1.56. The fraction of sp³-hybridized carbons (Fsp3) is 0.250. The second kappa shape index (κ2) is 8.92. The van der Waals surface area contributed by atoms with Gasteiger partial charge in [0.2, 0.25) is 6.79 Å². The minimum atomic E-state index is -0.577. The van der Waals surface area contributed by atoms with Crippen molar-refractivity contribution in [1.29, 1.82) is 0 Å². The largest absolute Gasteiger partial charge is 0.491 e. The predicted octanol–water partition coefficient (Wildman–Crippen LogP) is 4.51. The summed E-state index contributed by atoms with van der Waals surface area (Å²) in [6.07, 6.45) is 0.620. The molecular weight excluding hydrogens is 428 g/mol. The summed E-state index contributed by atoms with van der Waals surface area (Å²) in [5.41, 5.74) is 8.20. The summed E-state index contributed by atoms with van der Waals surface area (Å²) >= 11 is 1.35. The highest BCUT2D eigenvalue weighted by Gasteiger charge is 2.22. The zero-order chi connectivity index (χ0) is 22.8. The lowest BCUT2D eigenvalue weighted by Gasteiger charge is -2.10. The number of primary amides is 1. The van der Waals surface area contributed by atoms with Crippen LogP contribution >= 0.6 is 11.3 Å². The Morgan fingerprint density at radius 2 is 1.84 bits per heavy atom. The van der Waals surface area contributed by atoms with E-state index in [1.54, 1.807) is 24.3 Å². The van der Waals surface area contributed by atoms with Crippen LogP contribution in [-0.2, 0) is 6.42 Å². The number of amides is 2. The molecule has 0 unspecified atom stereocenters. The summed E-state index contributed by atoms with van der Waals surface area (Å²) in [7, 11) is 0. The fourth-order valence-electron chi connectivity index (χ4n) is 3.48. The van der Waals surface area contributed by atoms with Gasteiger partial charge in [0, 0.05) is 16.9 Å². The number of benzene rings is 2. The van der Waals surface area contributed by atoms with E-state index in [2.05, 4.69) is 5.32 Å². The highest BCUT2D eigenvalue weighted by Crippen LogP contribution is 2.37. The zero-order valence-corrected chi connectivity index (χ0v) is 18.9. The molecule has 0 saturated carbocycles. The standard InChI is InChI=1S/C24H24N2O5S/c1-13(2)31-17-7-5-16(6-8-17)23(28)26-24-21(22(25)27)14(3)20(32-24)11-15-4-9-18-19(10-15)30-12-29-18/h4-10,13H,11-12H2,1-3H3,(H2,25,27)(H,26,28). The molecule has 0 spiro atoms. The van der Waals surface area contributed by atoms with Crippen LogP contribution in [0.4, 0.5) is 5.00 Å². The molecule has 0 bridgehead atoms. The van der Waals surface area contributed by atoms with E-state index < -0.39 is 5.91 Å². The number of hydrogen-bond acceptors (Lipinski definition) is 6. The molecule has 1 aliphatic heterocycles. The fourth-order valence-corrected chi connectivity index (χ4v) is 4.72. The van der Waals surface area contributed by atoms with Crippen LogP contribution in [0, 0.1) is 6.92 Å². The minimum absolute atomic E-state index is 0.0464. The van der Waals surface area contributed by atoms with Gasteiger partial charge in [-0.1, -0.05) is 6.07 Å². The van der Waals surface area contributed by atoms with Crippen LogP contribution in [0.2, 0.25) is 0 Å². The predicted molar refractivity (Wildman–Crippen MR) is 123 cm³/mol. The van der Waals surface area contributed by atoms with E-state index in [0.29, 0.717) is 39.8 Å². The first kappa shape index (κ1) is 21.7. The van der Waals surface area contributed by atoms with Gasteiger partial charge in [-0.3, -0.25) is 9.59 Å². The van der Waals surface area contributed by atoms with Crippen molar-refractivity contribution in [3.05, 3.63) is 69.6 Å². The molecular formula is C24H24N2O5S. The van der Waals surface area contributed by atoms with Gasteiger partial charge in [0.25, 0.3) is 11.8 Å². The first-order valence-electron chi connectivity index (χ1n) is 10.2. The van der Waals surface area contributed by atoms with Crippen molar-refractivity contribution >= 4 is 28.2 Å². The number of thiophene rings is 1. The summed E-state index contributed by atoms with van der Waals surface area (Å²) in [5, 5.41) is 3.29. The van der Waals surface area contributed by atoms with E-state index >= 15 is 0 Å². The van der Waals surface area contributed by atoms with E-state index in [1.807, 2.05) is 39.0 Å². The molecule has 2 heterocycles. The first-order chi connectivity index (χ1) is 15.3. The van der Waals surface area contributed by atoms with Gasteiger partial charge in [0.15, 0.2) is 11.5 Å². The van der Waals surface area contributed by atoms with Crippen LogP contribution < -0.4 is 25.3 Å². The number of fused-ring (bicyclic) bond motifs is 1. The van der Waals surface area contributed by atoms with Gasteiger partial charge in [0.05, 0.1) is 11.7 Å². The highest BCUT2D eigenvalue weighted by molar-refractivity contribution is 7.17. The van der Waals surface area contributed by atoms with Crippen molar-refractivity contribution in [1.82, 2.24) is 0 Å². The first-order valence-corrected chi connectivity index (χ1v) is 11.0. The molecule has 0 atom stereocenters. The molecule has 2 amide bonds. The van der Waals surface area contributed by atoms with Crippen molar-refractivity contribution in [2.24, 2.45) is 5.73 Å². The van der Waals surface area contributed by atoms with E-state index in [0.717, 1.165) is 16.0 Å². The number of anilines is 1. The number of nitrogens with two attached hydrogens (primary N) is 1.